The van der Waals surface area contributed by atoms with Crippen LogP contribution in [0.25, 0.3) is 33.7 Å². The first-order valence-electron chi connectivity index (χ1n) is 24.9. The van der Waals surface area contributed by atoms with Crippen molar-refractivity contribution >= 4 is 39.9 Å². The molecule has 18 nitrogen and oxygen atoms in total. The predicted molar refractivity (Wildman–Crippen MR) is 297 cm³/mol. The Morgan fingerprint density at radius 1 is 0.646 bits per heavy atom. The zero-order chi connectivity index (χ0) is 57.3. The Morgan fingerprint density at radius 2 is 1.12 bits per heavy atom. The fraction of sp³-hybridized carbons (Fsp3) is 0.200. The zero-order valence-electron chi connectivity index (χ0n) is 46.0. The number of nitrogens with two attached hydrogens (primary N) is 1. The number of H-pyrrole nitrogens is 2. The molecular weight excluding hydrogens is 1200 g/mol. The number of benzene rings is 4. The van der Waals surface area contributed by atoms with Crippen LogP contribution in [0.1, 0.15) is 76.7 Å². The van der Waals surface area contributed by atoms with Crippen LogP contribution in [0.4, 0.5) is 14.6 Å². The van der Waals surface area contributed by atoms with Gasteiger partial charge in [-0.1, -0.05) is 60.3 Å². The van der Waals surface area contributed by atoms with Crippen LogP contribution in [-0.2, 0) is 110 Å². The number of ketones is 1. The first-order chi connectivity index (χ1) is 38.1. The standard InChI is InChI=1S/C29H25FN5O3.C18H14FN3O4.C13H16N3.2Y/c1-29(2,3)25-15-20(35(34-25)19-7-5-4-6-8-19)14-21(36)13-18-9-10-22(16-23(18)30)38-24-11-12-31-28-27(24)32-17-26(37)33-28;1-10(2)25-16(24)7-11-3-4-12(8-13(11)19)26-14-5-6-20-18-17(14)21-9-15(23)22-18;1-13(2,3)11-9-12(14)16(15-11)10-7-5-4-6-8-10;;/h4-5,7-12,15-17H,13-14H2,1-3H3,(H,31,33,37);3-6,8-9H,1,7H2,2H3,(H,20,22,23);4-5,7-9H,14H2,1-3H3;;/q-1;;-1;;. The summed E-state index contributed by atoms with van der Waals surface area (Å²) in [5.74, 6) is 0.0433. The Kier molecular flexibility index (Phi) is 21.5. The maximum atomic E-state index is 15.0. The second kappa shape index (κ2) is 27.8. The van der Waals surface area contributed by atoms with Gasteiger partial charge in [-0.15, -0.1) is 12.1 Å². The third kappa shape index (κ3) is 16.7. The van der Waals surface area contributed by atoms with E-state index >= 15 is 0 Å². The number of hydrogen-bond acceptors (Lipinski definition) is 14. The third-order valence-electron chi connectivity index (χ3n) is 11.7. The minimum absolute atomic E-state index is 0. The van der Waals surface area contributed by atoms with Crippen molar-refractivity contribution in [1.82, 2.24) is 49.5 Å². The van der Waals surface area contributed by atoms with Gasteiger partial charge >= 0.3 is 5.97 Å². The van der Waals surface area contributed by atoms with Gasteiger partial charge in [0.2, 0.25) is 0 Å². The fourth-order valence-corrected chi connectivity index (χ4v) is 7.74. The second-order valence-electron chi connectivity index (χ2n) is 20.3. The number of allylic oxidation sites excluding steroid dienone is 1. The van der Waals surface area contributed by atoms with Gasteiger partial charge in [-0.25, -0.2) is 28.7 Å². The van der Waals surface area contributed by atoms with Crippen LogP contribution in [0.5, 0.6) is 23.0 Å². The number of carbonyl (C=O) groups is 2. The summed E-state index contributed by atoms with van der Waals surface area (Å²) in [5.41, 5.74) is 11.0. The first-order valence-corrected chi connectivity index (χ1v) is 24.9. The van der Waals surface area contributed by atoms with E-state index in [1.807, 2.05) is 54.6 Å². The molecule has 6 heterocycles. The van der Waals surface area contributed by atoms with E-state index in [0.717, 1.165) is 46.9 Å². The van der Waals surface area contributed by atoms with Gasteiger partial charge in [0.1, 0.15) is 45.8 Å². The smallest absolute Gasteiger partial charge is 0.315 e. The van der Waals surface area contributed by atoms with Crippen LogP contribution in [0.15, 0.2) is 156 Å². The van der Waals surface area contributed by atoms with Crippen molar-refractivity contribution in [3.05, 3.63) is 219 Å². The molecule has 4 N–H and O–H groups in total. The largest absolute Gasteiger partial charge is 0.455 e. The van der Waals surface area contributed by atoms with E-state index < -0.39 is 17.6 Å². The normalized spacial score (nSPS) is 11.0. The number of ether oxygens (including phenoxy) is 3. The molecule has 10 aromatic rings. The van der Waals surface area contributed by atoms with Crippen molar-refractivity contribution in [2.45, 2.75) is 78.6 Å². The molecule has 414 valence electrons. The minimum Gasteiger partial charge on any atom is -0.455 e. The number of esters is 1. The van der Waals surface area contributed by atoms with Crippen molar-refractivity contribution in [2.75, 3.05) is 5.73 Å². The van der Waals surface area contributed by atoms with Gasteiger partial charge in [0.05, 0.1) is 36.0 Å². The molecule has 0 bridgehead atoms. The number of pyridine rings is 2. The fourth-order valence-electron chi connectivity index (χ4n) is 7.74. The van der Waals surface area contributed by atoms with Gasteiger partial charge in [-0.05, 0) is 47.6 Å². The number of aromatic amines is 2. The average molecular weight is 1260 g/mol. The summed E-state index contributed by atoms with van der Waals surface area (Å²) in [6, 6.07) is 36.5. The number of rotatable bonds is 13. The molecule has 82 heavy (non-hydrogen) atoms. The molecule has 0 unspecified atom stereocenters. The van der Waals surface area contributed by atoms with Crippen LogP contribution in [0.2, 0.25) is 0 Å². The summed E-state index contributed by atoms with van der Waals surface area (Å²) in [5, 5.41) is 9.25. The summed E-state index contributed by atoms with van der Waals surface area (Å²) in [6.07, 6.45) is 4.93. The molecule has 0 spiro atoms. The van der Waals surface area contributed by atoms with Crippen molar-refractivity contribution in [1.29, 1.82) is 0 Å². The number of nitrogens with zero attached hydrogens (tertiary/aromatic N) is 8. The number of fused-ring (bicyclic) bond motifs is 2. The van der Waals surface area contributed by atoms with Crippen molar-refractivity contribution in [2.24, 2.45) is 0 Å². The van der Waals surface area contributed by atoms with Crippen LogP contribution >= 0.6 is 0 Å². The molecule has 0 aliphatic rings. The maximum absolute atomic E-state index is 15.0. The molecule has 22 heteroatoms. The Balaban J connectivity index is 0.000000213. The molecule has 0 amide bonds. The molecule has 0 atom stereocenters. The molecule has 0 aliphatic carbocycles. The SMILES string of the molecule is C=C(C)OC(=O)Cc1ccc(Oc2ccnc3[nH]c(=O)cnc23)cc1F.CC(C)(C)c1cc(CC(=O)Cc2ccc(Oc3ccnc4[nH]c(=O)cnc34)cc2F)n(-c2c[c-]ccc2)n1.CC(C)(C)c1cc(N)n(-c2c[c-]ccc2)n1.[Y].[Y]. The van der Waals surface area contributed by atoms with E-state index in [2.05, 4.69) is 95.3 Å². The van der Waals surface area contributed by atoms with E-state index in [-0.39, 0.29) is 152 Å². The molecule has 0 saturated carbocycles. The van der Waals surface area contributed by atoms with Gasteiger partial charge < -0.3 is 29.9 Å². The van der Waals surface area contributed by atoms with Gasteiger partial charge in [0.25, 0.3) is 11.1 Å². The van der Waals surface area contributed by atoms with Crippen molar-refractivity contribution < 1.29 is 98.0 Å². The van der Waals surface area contributed by atoms with Crippen LogP contribution in [0, 0.1) is 23.8 Å². The Hall–Kier alpha value is -7.77. The number of aromatic nitrogens is 10. The number of hydrogen-bond donors (Lipinski definition) is 3. The Bertz CT molecular complexity index is 4010. The second-order valence-corrected chi connectivity index (χ2v) is 20.3. The summed E-state index contributed by atoms with van der Waals surface area (Å²) >= 11 is 0. The van der Waals surface area contributed by atoms with E-state index in [9.17, 15) is 28.0 Å². The molecule has 0 saturated heterocycles. The Morgan fingerprint density at radius 3 is 1.57 bits per heavy atom. The molecular formula is C60H55F2N11O7Y2-2. The van der Waals surface area contributed by atoms with Crippen LogP contribution in [0.3, 0.4) is 0 Å². The molecule has 4 aromatic carbocycles. The van der Waals surface area contributed by atoms with E-state index in [0.29, 0.717) is 28.4 Å². The number of Topliss-reactive ketones (excluding diaryl/α,β-unsaturated/α-hetero) is 1. The van der Waals surface area contributed by atoms with E-state index in [4.69, 9.17) is 25.0 Å². The number of nitrogens with one attached hydrogen (secondary N) is 2. The van der Waals surface area contributed by atoms with E-state index in [1.54, 1.807) is 33.6 Å². The molecule has 0 aliphatic heterocycles. The number of nitrogen functional groups attached to an aromatic ring is 1. The van der Waals surface area contributed by atoms with Gasteiger partial charge in [-0.3, -0.25) is 28.5 Å². The zero-order valence-corrected chi connectivity index (χ0v) is 51.6. The van der Waals surface area contributed by atoms with Crippen LogP contribution < -0.4 is 26.3 Å². The predicted octanol–water partition coefficient (Wildman–Crippen LogP) is 10.3. The number of carbonyl (C=O) groups excluding carboxylic acids is 2. The molecule has 10 rings (SSSR count). The molecule has 2 radical (unpaired) electrons. The number of anilines is 1. The third-order valence-corrected chi connectivity index (χ3v) is 11.7. The van der Waals surface area contributed by atoms with Crippen molar-refractivity contribution in [3.63, 3.8) is 0 Å². The van der Waals surface area contributed by atoms with Crippen molar-refractivity contribution in [3.8, 4) is 34.4 Å². The van der Waals surface area contributed by atoms with Crippen LogP contribution in [-0.4, -0.2) is 61.2 Å². The topological polar surface area (TPSA) is 241 Å². The maximum Gasteiger partial charge on any atom is 0.315 e. The Labute approximate surface area is 520 Å². The van der Waals surface area contributed by atoms with Gasteiger partial charge in [0.15, 0.2) is 22.8 Å². The molecule has 6 aromatic heterocycles. The van der Waals surface area contributed by atoms with E-state index in [1.165, 1.54) is 43.6 Å². The molecule has 0 fully saturated rings. The average Bonchev–Trinajstić information content (AvgIpc) is 4.07. The summed E-state index contributed by atoms with van der Waals surface area (Å²) < 4.78 is 49.0. The summed E-state index contributed by atoms with van der Waals surface area (Å²) in [4.78, 5) is 68.7. The first kappa shape index (κ1) is 63.4. The number of halogens is 2. The minimum atomic E-state index is -0.610. The summed E-state index contributed by atoms with van der Waals surface area (Å²) in [7, 11) is 0. The quantitative estimate of drug-likeness (QED) is 0.0553. The van der Waals surface area contributed by atoms with Gasteiger partial charge in [-0.2, -0.15) is 58.7 Å². The monoisotopic (exact) mass is 1260 g/mol. The van der Waals surface area contributed by atoms with Gasteiger partial charge in [0, 0.05) is 138 Å². The summed E-state index contributed by atoms with van der Waals surface area (Å²) in [6.45, 7) is 17.5.